The molecule has 0 aromatic heterocycles. The van der Waals surface area contributed by atoms with Gasteiger partial charge in [-0.1, -0.05) is 6.92 Å². The fraction of sp³-hybridized carbons (Fsp3) is 1.00. The third-order valence-electron chi connectivity index (χ3n) is 2.73. The Hall–Kier alpha value is 0.137. The summed E-state index contributed by atoms with van der Waals surface area (Å²) in [5.41, 5.74) is 5.61. The second kappa shape index (κ2) is 4.39. The monoisotopic (exact) mass is 187 g/mol. The second-order valence-electron chi connectivity index (χ2n) is 4.30. The SMILES string of the molecule is CC(CN)CC1([SiH3])CCCCO1. The van der Waals surface area contributed by atoms with Crippen LogP contribution in [0.3, 0.4) is 0 Å². The van der Waals surface area contributed by atoms with Crippen LogP contribution in [-0.4, -0.2) is 28.6 Å². The molecule has 1 fully saturated rings. The van der Waals surface area contributed by atoms with Crippen LogP contribution in [0.1, 0.15) is 32.6 Å². The van der Waals surface area contributed by atoms with Crippen molar-refractivity contribution < 1.29 is 4.74 Å². The smallest absolute Gasteiger partial charge is 0.0489 e. The predicted octanol–water partition coefficient (Wildman–Crippen LogP) is 0.234. The average molecular weight is 187 g/mol. The van der Waals surface area contributed by atoms with Gasteiger partial charge in [0.05, 0.1) is 0 Å². The van der Waals surface area contributed by atoms with Crippen molar-refractivity contribution in [1.29, 1.82) is 0 Å². The van der Waals surface area contributed by atoms with Crippen molar-refractivity contribution in [3.05, 3.63) is 0 Å². The fourth-order valence-electron chi connectivity index (χ4n) is 1.97. The van der Waals surface area contributed by atoms with Gasteiger partial charge in [-0.05, 0) is 38.1 Å². The van der Waals surface area contributed by atoms with Crippen molar-refractivity contribution in [3.8, 4) is 0 Å². The molecule has 0 aromatic rings. The maximum Gasteiger partial charge on any atom is 0.0489 e. The van der Waals surface area contributed by atoms with Gasteiger partial charge < -0.3 is 10.5 Å². The summed E-state index contributed by atoms with van der Waals surface area (Å²) in [4.78, 5) is 0. The number of hydrogen-bond acceptors (Lipinski definition) is 2. The van der Waals surface area contributed by atoms with Crippen LogP contribution < -0.4 is 5.73 Å². The molecule has 0 bridgehead atoms. The molecule has 2 unspecified atom stereocenters. The van der Waals surface area contributed by atoms with E-state index in [-0.39, 0.29) is 5.22 Å². The number of rotatable bonds is 3. The van der Waals surface area contributed by atoms with Gasteiger partial charge in [-0.2, -0.15) is 0 Å². The Morgan fingerprint density at radius 3 is 2.83 bits per heavy atom. The van der Waals surface area contributed by atoms with Gasteiger partial charge in [0.25, 0.3) is 0 Å². The Morgan fingerprint density at radius 1 is 1.58 bits per heavy atom. The highest BCUT2D eigenvalue weighted by molar-refractivity contribution is 6.14. The zero-order chi connectivity index (χ0) is 9.03. The minimum atomic E-state index is 0.261. The van der Waals surface area contributed by atoms with Crippen LogP contribution >= 0.6 is 0 Å². The topological polar surface area (TPSA) is 35.2 Å². The number of nitrogens with two attached hydrogens (primary N) is 1. The van der Waals surface area contributed by atoms with E-state index in [0.717, 1.165) is 23.4 Å². The highest BCUT2D eigenvalue weighted by atomic mass is 28.1. The Morgan fingerprint density at radius 2 is 2.33 bits per heavy atom. The molecule has 0 radical (unpaired) electrons. The zero-order valence-corrected chi connectivity index (χ0v) is 10.3. The summed E-state index contributed by atoms with van der Waals surface area (Å²) in [6, 6.07) is 0. The molecule has 2 N–H and O–H groups in total. The summed E-state index contributed by atoms with van der Waals surface area (Å²) in [5.74, 6) is 0.626. The second-order valence-corrected chi connectivity index (χ2v) is 6.12. The fourth-order valence-corrected chi connectivity index (χ4v) is 3.23. The van der Waals surface area contributed by atoms with Crippen LogP contribution in [0.2, 0.25) is 0 Å². The van der Waals surface area contributed by atoms with Crippen LogP contribution in [0, 0.1) is 5.92 Å². The van der Waals surface area contributed by atoms with Gasteiger partial charge in [-0.25, -0.2) is 0 Å². The van der Waals surface area contributed by atoms with E-state index in [1.54, 1.807) is 0 Å². The first-order valence-electron chi connectivity index (χ1n) is 5.00. The molecule has 2 atom stereocenters. The molecule has 3 heteroatoms. The molecule has 0 saturated carbocycles. The van der Waals surface area contributed by atoms with Crippen molar-refractivity contribution in [2.45, 2.75) is 37.8 Å². The normalized spacial score (nSPS) is 33.5. The molecule has 1 aliphatic heterocycles. The highest BCUT2D eigenvalue weighted by Crippen LogP contribution is 2.27. The van der Waals surface area contributed by atoms with E-state index in [9.17, 15) is 0 Å². The average Bonchev–Trinajstić information content (AvgIpc) is 2.05. The third kappa shape index (κ3) is 2.88. The van der Waals surface area contributed by atoms with Crippen LogP contribution in [0.5, 0.6) is 0 Å². The van der Waals surface area contributed by atoms with Gasteiger partial charge in [0.1, 0.15) is 0 Å². The van der Waals surface area contributed by atoms with Gasteiger partial charge in [0.15, 0.2) is 0 Å². The van der Waals surface area contributed by atoms with Crippen molar-refractivity contribution in [2.24, 2.45) is 11.7 Å². The molecular formula is C9H21NOSi. The quantitative estimate of drug-likeness (QED) is 0.642. The van der Waals surface area contributed by atoms with E-state index >= 15 is 0 Å². The summed E-state index contributed by atoms with van der Waals surface area (Å²) in [6.07, 6.45) is 5.04. The van der Waals surface area contributed by atoms with Crippen molar-refractivity contribution in [3.63, 3.8) is 0 Å². The van der Waals surface area contributed by atoms with E-state index in [1.807, 2.05) is 0 Å². The van der Waals surface area contributed by atoms with Crippen LogP contribution in [0.25, 0.3) is 0 Å². The van der Waals surface area contributed by atoms with E-state index in [1.165, 1.54) is 25.7 Å². The molecule has 1 rings (SSSR count). The van der Waals surface area contributed by atoms with Crippen molar-refractivity contribution >= 4 is 10.2 Å². The molecule has 1 aliphatic rings. The van der Waals surface area contributed by atoms with Gasteiger partial charge in [-0.3, -0.25) is 0 Å². The van der Waals surface area contributed by atoms with E-state index in [4.69, 9.17) is 10.5 Å². The molecule has 72 valence electrons. The minimum Gasteiger partial charge on any atom is -0.380 e. The lowest BCUT2D eigenvalue weighted by Crippen LogP contribution is -2.39. The maximum atomic E-state index is 5.84. The van der Waals surface area contributed by atoms with Gasteiger partial charge in [0, 0.05) is 22.1 Å². The Bertz CT molecular complexity index is 134. The van der Waals surface area contributed by atoms with Crippen molar-refractivity contribution in [1.82, 2.24) is 0 Å². The van der Waals surface area contributed by atoms with Crippen LogP contribution in [-0.2, 0) is 4.74 Å². The van der Waals surface area contributed by atoms with Gasteiger partial charge >= 0.3 is 0 Å². The molecule has 0 aliphatic carbocycles. The molecule has 2 nitrogen and oxygen atoms in total. The molecule has 0 amide bonds. The highest BCUT2D eigenvalue weighted by Gasteiger charge is 2.28. The lowest BCUT2D eigenvalue weighted by molar-refractivity contribution is -0.0302. The van der Waals surface area contributed by atoms with E-state index in [0.29, 0.717) is 5.92 Å². The number of hydrogen-bond donors (Lipinski definition) is 1. The van der Waals surface area contributed by atoms with Crippen LogP contribution in [0.15, 0.2) is 0 Å². The Balaban J connectivity index is 2.35. The Labute approximate surface area is 78.3 Å². The van der Waals surface area contributed by atoms with Crippen LogP contribution in [0.4, 0.5) is 0 Å². The zero-order valence-electron chi connectivity index (χ0n) is 8.31. The first-order valence-corrected chi connectivity index (χ1v) is 6.00. The molecule has 0 aromatic carbocycles. The summed E-state index contributed by atoms with van der Waals surface area (Å²) in [5, 5.41) is 0.261. The number of ether oxygens (including phenoxy) is 1. The standard InChI is InChI=1S/C9H21NOSi/c1-8(7-10)6-9(12)4-2-3-5-11-9/h8H,2-7,10H2,1,12H3. The van der Waals surface area contributed by atoms with Gasteiger partial charge in [0.2, 0.25) is 0 Å². The molecule has 1 heterocycles. The van der Waals surface area contributed by atoms with Gasteiger partial charge in [-0.15, -0.1) is 0 Å². The molecular weight excluding hydrogens is 166 g/mol. The minimum absolute atomic E-state index is 0.261. The largest absolute Gasteiger partial charge is 0.380 e. The first kappa shape index (κ1) is 10.2. The summed E-state index contributed by atoms with van der Waals surface area (Å²) < 4.78 is 5.84. The molecule has 1 saturated heterocycles. The van der Waals surface area contributed by atoms with Crippen molar-refractivity contribution in [2.75, 3.05) is 13.2 Å². The predicted molar refractivity (Wildman–Crippen MR) is 55.3 cm³/mol. The molecule has 12 heavy (non-hydrogen) atoms. The summed E-state index contributed by atoms with van der Waals surface area (Å²) in [7, 11) is 1.15. The maximum absolute atomic E-state index is 5.84. The van der Waals surface area contributed by atoms with E-state index in [2.05, 4.69) is 6.92 Å². The first-order chi connectivity index (χ1) is 5.66. The lowest BCUT2D eigenvalue weighted by atomic mass is 9.97. The summed E-state index contributed by atoms with van der Waals surface area (Å²) in [6.45, 7) is 3.99. The third-order valence-corrected chi connectivity index (χ3v) is 3.93. The Kier molecular flexibility index (Phi) is 3.74. The van der Waals surface area contributed by atoms with E-state index < -0.39 is 0 Å². The summed E-state index contributed by atoms with van der Waals surface area (Å²) >= 11 is 0. The molecule has 0 spiro atoms. The lowest BCUT2D eigenvalue weighted by Gasteiger charge is -2.36.